The Hall–Kier alpha value is -2.92. The smallest absolute Gasteiger partial charge is 0.225 e. The molecule has 0 saturated heterocycles. The number of H-pyrrole nitrogens is 1. The maximum atomic E-state index is 12.6. The summed E-state index contributed by atoms with van der Waals surface area (Å²) in [4.78, 5) is 21.7. The van der Waals surface area contributed by atoms with Crippen LogP contribution in [0.25, 0.3) is 11.0 Å². The van der Waals surface area contributed by atoms with Crippen molar-refractivity contribution in [1.82, 2.24) is 15.3 Å². The number of fused-ring (bicyclic) bond motifs is 1. The number of thiophene rings is 1. The Bertz CT molecular complexity index is 959. The van der Waals surface area contributed by atoms with E-state index in [0.717, 1.165) is 27.3 Å². The molecule has 2 aromatic heterocycles. The standard InChI is InChI=1S/C21H19N3OS/c25-20(14-16-9-6-12-26-16)22-19(13-15-7-2-1-3-8-15)21-23-17-10-4-5-11-18(17)24-21/h1-12,19H,13-14H2,(H,22,25)(H,23,24). The number of amides is 1. The van der Waals surface area contributed by atoms with Crippen molar-refractivity contribution in [2.45, 2.75) is 18.9 Å². The summed E-state index contributed by atoms with van der Waals surface area (Å²) in [7, 11) is 0. The summed E-state index contributed by atoms with van der Waals surface area (Å²) in [5.74, 6) is 0.795. The third-order valence-electron chi connectivity index (χ3n) is 4.27. The van der Waals surface area contributed by atoms with E-state index in [9.17, 15) is 4.79 Å². The summed E-state index contributed by atoms with van der Waals surface area (Å²) in [6.45, 7) is 0. The third kappa shape index (κ3) is 3.83. The summed E-state index contributed by atoms with van der Waals surface area (Å²) in [5.41, 5.74) is 3.05. The van der Waals surface area contributed by atoms with Gasteiger partial charge in [0, 0.05) is 4.88 Å². The highest BCUT2D eigenvalue weighted by Crippen LogP contribution is 2.20. The molecule has 0 bridgehead atoms. The fourth-order valence-electron chi connectivity index (χ4n) is 3.02. The second-order valence-electron chi connectivity index (χ2n) is 6.21. The fraction of sp³-hybridized carbons (Fsp3) is 0.143. The number of imidazole rings is 1. The van der Waals surface area contributed by atoms with Crippen LogP contribution in [0.4, 0.5) is 0 Å². The molecule has 4 aromatic rings. The van der Waals surface area contributed by atoms with Gasteiger partial charge in [-0.15, -0.1) is 11.3 Å². The number of carbonyl (C=O) groups is 1. The first kappa shape index (κ1) is 16.5. The van der Waals surface area contributed by atoms with E-state index in [1.807, 2.05) is 60.0 Å². The van der Waals surface area contributed by atoms with Crippen LogP contribution >= 0.6 is 11.3 Å². The van der Waals surface area contributed by atoms with Crippen LogP contribution in [0.5, 0.6) is 0 Å². The van der Waals surface area contributed by atoms with E-state index in [1.54, 1.807) is 11.3 Å². The predicted octanol–water partition coefficient (Wildman–Crippen LogP) is 4.27. The van der Waals surface area contributed by atoms with E-state index in [4.69, 9.17) is 4.98 Å². The number of hydrogen-bond donors (Lipinski definition) is 2. The van der Waals surface area contributed by atoms with E-state index in [2.05, 4.69) is 22.4 Å². The van der Waals surface area contributed by atoms with Gasteiger partial charge in [0.05, 0.1) is 23.5 Å². The molecule has 0 aliphatic carbocycles. The van der Waals surface area contributed by atoms with Gasteiger partial charge in [-0.05, 0) is 35.6 Å². The molecule has 130 valence electrons. The van der Waals surface area contributed by atoms with Crippen LogP contribution in [0.3, 0.4) is 0 Å². The molecule has 0 aliphatic rings. The lowest BCUT2D eigenvalue weighted by Crippen LogP contribution is -2.31. The Morgan fingerprint density at radius 2 is 1.85 bits per heavy atom. The number of hydrogen-bond acceptors (Lipinski definition) is 3. The first-order chi connectivity index (χ1) is 12.8. The van der Waals surface area contributed by atoms with Gasteiger partial charge in [-0.1, -0.05) is 48.5 Å². The van der Waals surface area contributed by atoms with Crippen LogP contribution in [0.15, 0.2) is 72.1 Å². The van der Waals surface area contributed by atoms with Gasteiger partial charge in [0.15, 0.2) is 0 Å². The molecule has 2 N–H and O–H groups in total. The van der Waals surface area contributed by atoms with Crippen LogP contribution in [0, 0.1) is 0 Å². The van der Waals surface area contributed by atoms with E-state index < -0.39 is 0 Å². The highest BCUT2D eigenvalue weighted by atomic mass is 32.1. The third-order valence-corrected chi connectivity index (χ3v) is 5.15. The molecule has 0 spiro atoms. The molecule has 2 heterocycles. The highest BCUT2D eigenvalue weighted by Gasteiger charge is 2.19. The average Bonchev–Trinajstić information content (AvgIpc) is 3.31. The summed E-state index contributed by atoms with van der Waals surface area (Å²) >= 11 is 1.60. The maximum absolute atomic E-state index is 12.6. The Balaban J connectivity index is 1.59. The largest absolute Gasteiger partial charge is 0.345 e. The number of aromatic amines is 1. The minimum Gasteiger partial charge on any atom is -0.345 e. The van der Waals surface area contributed by atoms with Gasteiger partial charge in [-0.25, -0.2) is 4.98 Å². The molecule has 4 nitrogen and oxygen atoms in total. The minimum absolute atomic E-state index is 0.00818. The lowest BCUT2D eigenvalue weighted by atomic mass is 10.1. The van der Waals surface area contributed by atoms with Crippen molar-refractivity contribution < 1.29 is 4.79 Å². The van der Waals surface area contributed by atoms with Crippen molar-refractivity contribution in [3.63, 3.8) is 0 Å². The first-order valence-electron chi connectivity index (χ1n) is 8.58. The molecule has 26 heavy (non-hydrogen) atoms. The number of aromatic nitrogens is 2. The summed E-state index contributed by atoms with van der Waals surface area (Å²) in [6.07, 6.45) is 1.08. The van der Waals surface area contributed by atoms with Crippen LogP contribution in [-0.2, 0) is 17.6 Å². The van der Waals surface area contributed by atoms with Crippen molar-refractivity contribution in [2.24, 2.45) is 0 Å². The quantitative estimate of drug-likeness (QED) is 0.539. The molecule has 5 heteroatoms. The lowest BCUT2D eigenvalue weighted by Gasteiger charge is -2.17. The number of nitrogens with one attached hydrogen (secondary N) is 2. The van der Waals surface area contributed by atoms with Crippen LogP contribution in [0.1, 0.15) is 22.3 Å². The zero-order valence-corrected chi connectivity index (χ0v) is 15.0. The van der Waals surface area contributed by atoms with E-state index >= 15 is 0 Å². The summed E-state index contributed by atoms with van der Waals surface area (Å²) in [5, 5.41) is 5.14. The van der Waals surface area contributed by atoms with Gasteiger partial charge in [-0.3, -0.25) is 4.79 Å². The molecular weight excluding hydrogens is 342 g/mol. The van der Waals surface area contributed by atoms with Crippen molar-refractivity contribution in [3.05, 3.63) is 88.4 Å². The number of benzene rings is 2. The molecule has 0 saturated carbocycles. The molecule has 0 fully saturated rings. The van der Waals surface area contributed by atoms with Crippen molar-refractivity contribution in [3.8, 4) is 0 Å². The molecule has 0 aliphatic heterocycles. The molecule has 0 radical (unpaired) electrons. The Morgan fingerprint density at radius 3 is 2.62 bits per heavy atom. The number of nitrogens with zero attached hydrogens (tertiary/aromatic N) is 1. The second-order valence-corrected chi connectivity index (χ2v) is 7.24. The first-order valence-corrected chi connectivity index (χ1v) is 9.46. The molecule has 2 aromatic carbocycles. The van der Waals surface area contributed by atoms with Crippen LogP contribution in [-0.4, -0.2) is 15.9 Å². The monoisotopic (exact) mass is 361 g/mol. The maximum Gasteiger partial charge on any atom is 0.225 e. The molecule has 4 rings (SSSR count). The normalized spacial score (nSPS) is 12.2. The Morgan fingerprint density at radius 1 is 1.04 bits per heavy atom. The molecular formula is C21H19N3OS. The molecule has 1 atom stereocenters. The Kier molecular flexibility index (Phi) is 4.80. The summed E-state index contributed by atoms with van der Waals surface area (Å²) < 4.78 is 0. The fourth-order valence-corrected chi connectivity index (χ4v) is 3.72. The van der Waals surface area contributed by atoms with Crippen molar-refractivity contribution in [2.75, 3.05) is 0 Å². The zero-order chi connectivity index (χ0) is 17.8. The van der Waals surface area contributed by atoms with Crippen molar-refractivity contribution in [1.29, 1.82) is 0 Å². The van der Waals surface area contributed by atoms with Gasteiger partial charge < -0.3 is 10.3 Å². The topological polar surface area (TPSA) is 57.8 Å². The van der Waals surface area contributed by atoms with Gasteiger partial charge >= 0.3 is 0 Å². The number of para-hydroxylation sites is 2. The molecule has 1 amide bonds. The second kappa shape index (κ2) is 7.54. The Labute approximate surface area is 155 Å². The van der Waals surface area contributed by atoms with Crippen molar-refractivity contribution >= 4 is 28.3 Å². The SMILES string of the molecule is O=C(Cc1cccs1)NC(Cc1ccccc1)c1nc2ccccc2[nH]1. The minimum atomic E-state index is -0.197. The van der Waals surface area contributed by atoms with E-state index in [1.165, 1.54) is 0 Å². The van der Waals surface area contributed by atoms with Gasteiger partial charge in [-0.2, -0.15) is 0 Å². The van der Waals surface area contributed by atoms with E-state index in [0.29, 0.717) is 12.8 Å². The van der Waals surface area contributed by atoms with Gasteiger partial charge in [0.25, 0.3) is 0 Å². The van der Waals surface area contributed by atoms with Gasteiger partial charge in [0.1, 0.15) is 5.82 Å². The average molecular weight is 361 g/mol. The zero-order valence-electron chi connectivity index (χ0n) is 14.2. The number of carbonyl (C=O) groups excluding carboxylic acids is 1. The summed E-state index contributed by atoms with van der Waals surface area (Å²) in [6, 6.07) is 21.8. The predicted molar refractivity (Wildman–Crippen MR) is 105 cm³/mol. The number of rotatable bonds is 6. The van der Waals surface area contributed by atoms with Gasteiger partial charge in [0.2, 0.25) is 5.91 Å². The van der Waals surface area contributed by atoms with E-state index in [-0.39, 0.29) is 11.9 Å². The highest BCUT2D eigenvalue weighted by molar-refractivity contribution is 7.10. The lowest BCUT2D eigenvalue weighted by molar-refractivity contribution is -0.121. The molecule has 1 unspecified atom stereocenters. The van der Waals surface area contributed by atoms with Crippen LogP contribution < -0.4 is 5.32 Å². The van der Waals surface area contributed by atoms with Crippen LogP contribution in [0.2, 0.25) is 0 Å².